The van der Waals surface area contributed by atoms with Gasteiger partial charge in [-0.1, -0.05) is 6.08 Å². The van der Waals surface area contributed by atoms with Crippen LogP contribution >= 0.6 is 0 Å². The van der Waals surface area contributed by atoms with Crippen LogP contribution in [0.25, 0.3) is 0 Å². The first-order chi connectivity index (χ1) is 9.62. The van der Waals surface area contributed by atoms with Gasteiger partial charge in [0.1, 0.15) is 18.3 Å². The van der Waals surface area contributed by atoms with E-state index in [1.165, 1.54) is 18.4 Å². The summed E-state index contributed by atoms with van der Waals surface area (Å²) in [6, 6.07) is 0. The first-order valence-electron chi connectivity index (χ1n) is 7.59. The molecule has 3 aliphatic heterocycles. The van der Waals surface area contributed by atoms with Crippen LogP contribution in [0.15, 0.2) is 11.6 Å². The second kappa shape index (κ2) is 4.78. The maximum atomic E-state index is 6.14. The smallest absolute Gasteiger partial charge is 0.190 e. The molecule has 0 radical (unpaired) electrons. The number of fused-ring (bicyclic) bond motifs is 3. The minimum Gasteiger partial charge on any atom is -0.346 e. The molecule has 0 spiro atoms. The Morgan fingerprint density at radius 2 is 2.00 bits per heavy atom. The summed E-state index contributed by atoms with van der Waals surface area (Å²) in [4.78, 5) is 0. The van der Waals surface area contributed by atoms with Crippen LogP contribution in [0, 0.1) is 0 Å². The standard InChI is InChI=1S/C15H22O5/c1-15(2)19-12-11-10(17-14(12)20-15)8-16-13(18-11)9-6-4-3-5-7-9/h6,10-14H,3-5,7-8H2,1-2H3/t10-,11+,12-,13+,14-/m1/s1. The van der Waals surface area contributed by atoms with Crippen LogP contribution in [-0.2, 0) is 23.7 Å². The Kier molecular flexibility index (Phi) is 3.16. The third kappa shape index (κ3) is 2.22. The molecule has 0 aromatic rings. The Hall–Kier alpha value is -0.460. The zero-order valence-corrected chi connectivity index (χ0v) is 12.0. The Balaban J connectivity index is 1.48. The van der Waals surface area contributed by atoms with E-state index in [2.05, 4.69) is 6.08 Å². The predicted octanol–water partition coefficient (Wildman–Crippen LogP) is 2.10. The summed E-state index contributed by atoms with van der Waals surface area (Å²) in [5, 5.41) is 0. The lowest BCUT2D eigenvalue weighted by molar-refractivity contribution is -0.273. The van der Waals surface area contributed by atoms with Gasteiger partial charge in [-0.2, -0.15) is 0 Å². The van der Waals surface area contributed by atoms with E-state index in [1.54, 1.807) is 0 Å². The number of hydrogen-bond acceptors (Lipinski definition) is 5. The average Bonchev–Trinajstić information content (AvgIpc) is 2.91. The van der Waals surface area contributed by atoms with Crippen LogP contribution in [0.5, 0.6) is 0 Å². The summed E-state index contributed by atoms with van der Waals surface area (Å²) in [7, 11) is 0. The highest BCUT2D eigenvalue weighted by atomic mass is 16.9. The van der Waals surface area contributed by atoms with Crippen LogP contribution in [0.4, 0.5) is 0 Å². The first kappa shape index (κ1) is 13.2. The van der Waals surface area contributed by atoms with Crippen molar-refractivity contribution in [1.82, 2.24) is 0 Å². The van der Waals surface area contributed by atoms with E-state index in [9.17, 15) is 0 Å². The summed E-state index contributed by atoms with van der Waals surface area (Å²) in [6.45, 7) is 4.36. The summed E-state index contributed by atoms with van der Waals surface area (Å²) >= 11 is 0. The fourth-order valence-electron chi connectivity index (χ4n) is 3.48. The number of allylic oxidation sites excluding steroid dienone is 1. The van der Waals surface area contributed by atoms with E-state index in [-0.39, 0.29) is 30.9 Å². The van der Waals surface area contributed by atoms with Gasteiger partial charge in [0.25, 0.3) is 0 Å². The molecule has 112 valence electrons. The summed E-state index contributed by atoms with van der Waals surface area (Å²) < 4.78 is 29.5. The molecule has 0 unspecified atom stereocenters. The monoisotopic (exact) mass is 282 g/mol. The van der Waals surface area contributed by atoms with Crippen LogP contribution in [-0.4, -0.2) is 43.3 Å². The van der Waals surface area contributed by atoms with Crippen molar-refractivity contribution in [3.8, 4) is 0 Å². The van der Waals surface area contributed by atoms with Crippen LogP contribution in [0.3, 0.4) is 0 Å². The highest BCUT2D eigenvalue weighted by Crippen LogP contribution is 2.41. The first-order valence-corrected chi connectivity index (χ1v) is 7.59. The van der Waals surface area contributed by atoms with Gasteiger partial charge in [0.05, 0.1) is 6.61 Å². The van der Waals surface area contributed by atoms with Gasteiger partial charge < -0.3 is 23.7 Å². The number of rotatable bonds is 1. The van der Waals surface area contributed by atoms with E-state index in [0.29, 0.717) is 6.61 Å². The fourth-order valence-corrected chi connectivity index (χ4v) is 3.48. The molecule has 0 bridgehead atoms. The molecule has 5 atom stereocenters. The minimum absolute atomic E-state index is 0.0819. The van der Waals surface area contributed by atoms with Crippen molar-refractivity contribution >= 4 is 0 Å². The van der Waals surface area contributed by atoms with Crippen LogP contribution < -0.4 is 0 Å². The largest absolute Gasteiger partial charge is 0.346 e. The lowest BCUT2D eigenvalue weighted by atomic mass is 9.98. The predicted molar refractivity (Wildman–Crippen MR) is 69.9 cm³/mol. The molecule has 0 saturated carbocycles. The zero-order chi connectivity index (χ0) is 13.7. The molecule has 1 aliphatic carbocycles. The molecule has 20 heavy (non-hydrogen) atoms. The van der Waals surface area contributed by atoms with E-state index >= 15 is 0 Å². The lowest BCUT2D eigenvalue weighted by Crippen LogP contribution is -2.47. The SMILES string of the molecule is CC1(C)O[C@H]2O[C@@H]3CO[C@H](C4=CCCCC4)O[C@@H]3[C@H]2O1. The quantitative estimate of drug-likeness (QED) is 0.689. The Labute approximate surface area is 119 Å². The van der Waals surface area contributed by atoms with Crippen molar-refractivity contribution in [3.05, 3.63) is 11.6 Å². The maximum Gasteiger partial charge on any atom is 0.190 e. The van der Waals surface area contributed by atoms with Gasteiger partial charge in [-0.3, -0.25) is 0 Å². The molecule has 3 fully saturated rings. The maximum absolute atomic E-state index is 6.14. The van der Waals surface area contributed by atoms with Crippen molar-refractivity contribution in [1.29, 1.82) is 0 Å². The van der Waals surface area contributed by atoms with E-state index in [0.717, 1.165) is 12.8 Å². The van der Waals surface area contributed by atoms with Crippen molar-refractivity contribution in [3.63, 3.8) is 0 Å². The molecular weight excluding hydrogens is 260 g/mol. The topological polar surface area (TPSA) is 46.2 Å². The van der Waals surface area contributed by atoms with Gasteiger partial charge in [0.2, 0.25) is 0 Å². The van der Waals surface area contributed by atoms with Crippen molar-refractivity contribution < 1.29 is 23.7 Å². The molecule has 5 nitrogen and oxygen atoms in total. The van der Waals surface area contributed by atoms with Gasteiger partial charge in [0.15, 0.2) is 18.4 Å². The van der Waals surface area contributed by atoms with E-state index in [1.807, 2.05) is 13.8 Å². The molecule has 5 heteroatoms. The summed E-state index contributed by atoms with van der Waals surface area (Å²) in [5.41, 5.74) is 1.27. The summed E-state index contributed by atoms with van der Waals surface area (Å²) in [5.74, 6) is -0.596. The van der Waals surface area contributed by atoms with Crippen LogP contribution in [0.2, 0.25) is 0 Å². The molecular formula is C15H22O5. The van der Waals surface area contributed by atoms with Crippen molar-refractivity contribution in [2.45, 2.75) is 76.2 Å². The van der Waals surface area contributed by atoms with E-state index in [4.69, 9.17) is 23.7 Å². The lowest BCUT2D eigenvalue weighted by Gasteiger charge is -2.35. The molecule has 0 amide bonds. The van der Waals surface area contributed by atoms with Crippen LogP contribution in [0.1, 0.15) is 39.5 Å². The molecule has 0 aromatic carbocycles. The minimum atomic E-state index is -0.596. The Morgan fingerprint density at radius 1 is 1.10 bits per heavy atom. The highest BCUT2D eigenvalue weighted by molar-refractivity contribution is 5.10. The Bertz CT molecular complexity index is 418. The molecule has 0 N–H and O–H groups in total. The van der Waals surface area contributed by atoms with Gasteiger partial charge in [-0.05, 0) is 45.1 Å². The normalized spacial score (nSPS) is 46.7. The third-order valence-corrected chi connectivity index (χ3v) is 4.41. The molecule has 4 aliphatic rings. The average molecular weight is 282 g/mol. The third-order valence-electron chi connectivity index (χ3n) is 4.41. The Morgan fingerprint density at radius 3 is 2.80 bits per heavy atom. The molecule has 4 rings (SSSR count). The summed E-state index contributed by atoms with van der Waals surface area (Å²) in [6.07, 6.45) is 6.06. The van der Waals surface area contributed by atoms with Gasteiger partial charge in [0, 0.05) is 0 Å². The zero-order valence-electron chi connectivity index (χ0n) is 12.0. The number of hydrogen-bond donors (Lipinski definition) is 0. The van der Waals surface area contributed by atoms with Crippen molar-refractivity contribution in [2.24, 2.45) is 0 Å². The van der Waals surface area contributed by atoms with E-state index < -0.39 is 5.79 Å². The number of ether oxygens (including phenoxy) is 5. The molecule has 3 heterocycles. The molecule has 3 saturated heterocycles. The highest BCUT2D eigenvalue weighted by Gasteiger charge is 2.57. The second-order valence-corrected chi connectivity index (χ2v) is 6.43. The van der Waals surface area contributed by atoms with Gasteiger partial charge in [-0.25, -0.2) is 0 Å². The fraction of sp³-hybridized carbons (Fsp3) is 0.867. The second-order valence-electron chi connectivity index (χ2n) is 6.43. The van der Waals surface area contributed by atoms with Gasteiger partial charge >= 0.3 is 0 Å². The molecule has 0 aromatic heterocycles. The van der Waals surface area contributed by atoms with Gasteiger partial charge in [-0.15, -0.1) is 0 Å². The van der Waals surface area contributed by atoms with Crippen molar-refractivity contribution in [2.75, 3.05) is 6.61 Å².